The Morgan fingerprint density at radius 1 is 1.09 bits per heavy atom. The van der Waals surface area contributed by atoms with Crippen molar-refractivity contribution in [3.63, 3.8) is 0 Å². The second kappa shape index (κ2) is 9.99. The Labute approximate surface area is 188 Å². The summed E-state index contributed by atoms with van der Waals surface area (Å²) in [5.41, 5.74) is 2.63. The average Bonchev–Trinajstić information content (AvgIpc) is 2.72. The number of aryl methyl sites for hydroxylation is 1. The molecule has 8 heteroatoms. The molecule has 7 nitrogen and oxygen atoms in total. The fourth-order valence-corrected chi connectivity index (χ4v) is 4.26. The Kier molecular flexibility index (Phi) is 7.35. The van der Waals surface area contributed by atoms with Crippen LogP contribution in [0.3, 0.4) is 0 Å². The van der Waals surface area contributed by atoms with Gasteiger partial charge < -0.3 is 9.47 Å². The van der Waals surface area contributed by atoms with Crippen LogP contribution in [0, 0.1) is 12.8 Å². The van der Waals surface area contributed by atoms with Crippen LogP contribution >= 0.6 is 0 Å². The zero-order chi connectivity index (χ0) is 23.3. The van der Waals surface area contributed by atoms with Gasteiger partial charge in [-0.25, -0.2) is 13.2 Å². The van der Waals surface area contributed by atoms with Crippen LogP contribution in [0.25, 0.3) is 10.9 Å². The van der Waals surface area contributed by atoms with Gasteiger partial charge in [0.25, 0.3) is 10.0 Å². The maximum absolute atomic E-state index is 13.0. The third-order valence-electron chi connectivity index (χ3n) is 4.68. The van der Waals surface area contributed by atoms with Crippen LogP contribution in [0.5, 0.6) is 5.75 Å². The van der Waals surface area contributed by atoms with Crippen molar-refractivity contribution in [2.75, 3.05) is 17.9 Å². The number of anilines is 1. The highest BCUT2D eigenvalue weighted by atomic mass is 32.2. The van der Waals surface area contributed by atoms with Crippen LogP contribution in [0.2, 0.25) is 0 Å². The average molecular weight is 457 g/mol. The summed E-state index contributed by atoms with van der Waals surface area (Å²) in [7, 11) is -3.85. The van der Waals surface area contributed by atoms with Crippen molar-refractivity contribution in [2.24, 2.45) is 5.92 Å². The Bertz CT molecular complexity index is 1210. The number of fused-ring (bicyclic) bond motifs is 1. The predicted molar refractivity (Wildman–Crippen MR) is 124 cm³/mol. The van der Waals surface area contributed by atoms with E-state index in [0.717, 1.165) is 17.7 Å². The third-order valence-corrected chi connectivity index (χ3v) is 6.06. The fraction of sp³-hybridized carbons (Fsp3) is 0.333. The predicted octanol–water partition coefficient (Wildman–Crippen LogP) is 4.48. The summed E-state index contributed by atoms with van der Waals surface area (Å²) in [6, 6.07) is 13.6. The molecular formula is C24H28N2O5S. The SMILES string of the molecule is CCOC(=O)COc1cc(NS(=O)(=O)c2ccc(C)cc2)c2nc(CC(C)C)ccc2c1. The highest BCUT2D eigenvalue weighted by Crippen LogP contribution is 2.31. The number of nitrogens with zero attached hydrogens (tertiary/aromatic N) is 1. The fourth-order valence-electron chi connectivity index (χ4n) is 3.21. The number of rotatable bonds is 9. The quantitative estimate of drug-likeness (QED) is 0.477. The van der Waals surface area contributed by atoms with Gasteiger partial charge in [0, 0.05) is 17.1 Å². The van der Waals surface area contributed by atoms with E-state index in [4.69, 9.17) is 14.5 Å². The number of hydrogen-bond acceptors (Lipinski definition) is 6. The molecule has 0 spiro atoms. The smallest absolute Gasteiger partial charge is 0.344 e. The lowest BCUT2D eigenvalue weighted by Gasteiger charge is -2.14. The minimum atomic E-state index is -3.85. The summed E-state index contributed by atoms with van der Waals surface area (Å²) >= 11 is 0. The normalized spacial score (nSPS) is 11.5. The van der Waals surface area contributed by atoms with E-state index in [0.29, 0.717) is 22.6 Å². The van der Waals surface area contributed by atoms with Crippen LogP contribution in [0.4, 0.5) is 5.69 Å². The van der Waals surface area contributed by atoms with Gasteiger partial charge in [0.05, 0.1) is 22.7 Å². The van der Waals surface area contributed by atoms with Crippen molar-refractivity contribution >= 4 is 32.6 Å². The molecule has 1 aromatic heterocycles. The molecule has 0 saturated carbocycles. The number of carbonyl (C=O) groups is 1. The summed E-state index contributed by atoms with van der Waals surface area (Å²) in [6.45, 7) is 7.78. The molecule has 0 aliphatic carbocycles. The first-order valence-corrected chi connectivity index (χ1v) is 12.0. The number of aromatic nitrogens is 1. The minimum absolute atomic E-state index is 0.146. The van der Waals surface area contributed by atoms with E-state index in [1.54, 1.807) is 43.3 Å². The molecule has 0 aliphatic rings. The van der Waals surface area contributed by atoms with Crippen LogP contribution in [0.15, 0.2) is 53.4 Å². The van der Waals surface area contributed by atoms with E-state index in [-0.39, 0.29) is 23.8 Å². The molecule has 0 radical (unpaired) electrons. The molecule has 3 rings (SSSR count). The van der Waals surface area contributed by atoms with Crippen LogP contribution in [-0.4, -0.2) is 32.6 Å². The van der Waals surface area contributed by atoms with Gasteiger partial charge in [-0.15, -0.1) is 0 Å². The van der Waals surface area contributed by atoms with Gasteiger partial charge in [0.15, 0.2) is 6.61 Å². The number of sulfonamides is 1. The summed E-state index contributed by atoms with van der Waals surface area (Å²) < 4.78 is 39.2. The van der Waals surface area contributed by atoms with E-state index >= 15 is 0 Å². The molecule has 170 valence electrons. The zero-order valence-corrected chi connectivity index (χ0v) is 19.5. The van der Waals surface area contributed by atoms with Crippen LogP contribution in [0.1, 0.15) is 32.0 Å². The van der Waals surface area contributed by atoms with Crippen molar-refractivity contribution in [3.8, 4) is 5.75 Å². The first-order chi connectivity index (χ1) is 15.2. The molecule has 32 heavy (non-hydrogen) atoms. The molecule has 1 N–H and O–H groups in total. The number of carbonyl (C=O) groups excluding carboxylic acids is 1. The monoisotopic (exact) mass is 456 g/mol. The molecule has 0 atom stereocenters. The van der Waals surface area contributed by atoms with Gasteiger partial charge in [-0.05, 0) is 50.5 Å². The van der Waals surface area contributed by atoms with Crippen molar-refractivity contribution in [1.82, 2.24) is 4.98 Å². The minimum Gasteiger partial charge on any atom is -0.482 e. The van der Waals surface area contributed by atoms with E-state index < -0.39 is 16.0 Å². The maximum atomic E-state index is 13.0. The second-order valence-corrected chi connectivity index (χ2v) is 9.64. The first kappa shape index (κ1) is 23.5. The second-order valence-electron chi connectivity index (χ2n) is 7.96. The molecule has 0 aliphatic heterocycles. The Morgan fingerprint density at radius 2 is 1.81 bits per heavy atom. The van der Waals surface area contributed by atoms with Crippen molar-refractivity contribution < 1.29 is 22.7 Å². The molecule has 0 bridgehead atoms. The number of pyridine rings is 1. The van der Waals surface area contributed by atoms with Crippen molar-refractivity contribution in [2.45, 2.75) is 39.0 Å². The maximum Gasteiger partial charge on any atom is 0.344 e. The number of ether oxygens (including phenoxy) is 2. The third kappa shape index (κ3) is 5.97. The summed E-state index contributed by atoms with van der Waals surface area (Å²) in [5, 5.41) is 0.695. The van der Waals surface area contributed by atoms with E-state index in [1.165, 1.54) is 0 Å². The summed E-state index contributed by atoms with van der Waals surface area (Å²) in [5.74, 6) is 0.241. The lowest BCUT2D eigenvalue weighted by atomic mass is 10.1. The first-order valence-electron chi connectivity index (χ1n) is 10.5. The lowest BCUT2D eigenvalue weighted by molar-refractivity contribution is -0.145. The number of benzene rings is 2. The molecule has 0 amide bonds. The Morgan fingerprint density at radius 3 is 2.47 bits per heavy atom. The van der Waals surface area contributed by atoms with Crippen molar-refractivity contribution in [3.05, 3.63) is 59.8 Å². The highest BCUT2D eigenvalue weighted by molar-refractivity contribution is 7.92. The molecule has 2 aromatic carbocycles. The molecular weight excluding hydrogens is 428 g/mol. The van der Waals surface area contributed by atoms with Gasteiger partial charge >= 0.3 is 5.97 Å². The molecule has 1 heterocycles. The highest BCUT2D eigenvalue weighted by Gasteiger charge is 2.18. The van der Waals surface area contributed by atoms with E-state index in [9.17, 15) is 13.2 Å². The number of nitrogens with one attached hydrogen (secondary N) is 1. The molecule has 0 fully saturated rings. The zero-order valence-electron chi connectivity index (χ0n) is 18.7. The van der Waals surface area contributed by atoms with E-state index in [2.05, 4.69) is 18.6 Å². The molecule has 0 unspecified atom stereocenters. The van der Waals surface area contributed by atoms with Gasteiger partial charge in [-0.3, -0.25) is 9.71 Å². The topological polar surface area (TPSA) is 94.6 Å². The lowest BCUT2D eigenvalue weighted by Crippen LogP contribution is -2.16. The van der Waals surface area contributed by atoms with Crippen molar-refractivity contribution in [1.29, 1.82) is 0 Å². The number of hydrogen-bond donors (Lipinski definition) is 1. The summed E-state index contributed by atoms with van der Waals surface area (Å²) in [4.78, 5) is 16.5. The van der Waals surface area contributed by atoms with Gasteiger partial charge in [0.1, 0.15) is 5.75 Å². The van der Waals surface area contributed by atoms with Crippen LogP contribution < -0.4 is 9.46 Å². The molecule has 0 saturated heterocycles. The van der Waals surface area contributed by atoms with E-state index in [1.807, 2.05) is 19.1 Å². The van der Waals surface area contributed by atoms with Crippen LogP contribution in [-0.2, 0) is 26.0 Å². The molecule has 3 aromatic rings. The van der Waals surface area contributed by atoms with Gasteiger partial charge in [0.2, 0.25) is 0 Å². The Hall–Kier alpha value is -3.13. The number of esters is 1. The Balaban J connectivity index is 2.02. The standard InChI is InChI=1S/C24H28N2O5S/c1-5-30-23(27)15-31-20-13-18-8-9-19(12-16(2)3)25-24(18)22(14-20)26-32(28,29)21-10-6-17(4)7-11-21/h6-11,13-14,16,26H,5,12,15H2,1-4H3. The largest absolute Gasteiger partial charge is 0.482 e. The van der Waals surface area contributed by atoms with Gasteiger partial charge in [-0.2, -0.15) is 0 Å². The summed E-state index contributed by atoms with van der Waals surface area (Å²) in [6.07, 6.45) is 0.765. The van der Waals surface area contributed by atoms with Gasteiger partial charge in [-0.1, -0.05) is 37.6 Å².